The van der Waals surface area contributed by atoms with Crippen molar-refractivity contribution in [1.29, 1.82) is 0 Å². The average Bonchev–Trinajstić information content (AvgIpc) is 2.59. The van der Waals surface area contributed by atoms with Crippen LogP contribution in [0.25, 0.3) is 0 Å². The van der Waals surface area contributed by atoms with Crippen LogP contribution in [0.2, 0.25) is 0 Å². The molecule has 0 aliphatic carbocycles. The molecule has 3 amide bonds. The normalized spacial score (nSPS) is 11.4. The second-order valence-electron chi connectivity index (χ2n) is 6.48. The number of nitrogens with one attached hydrogen (secondary N) is 2. The second-order valence-corrected chi connectivity index (χ2v) is 6.48. The quantitative estimate of drug-likeness (QED) is 0.794. The molecule has 2 rings (SSSR count). The first kappa shape index (κ1) is 20.2. The number of benzene rings is 2. The summed E-state index contributed by atoms with van der Waals surface area (Å²) >= 11 is 0. The molecule has 2 N–H and O–H groups in total. The zero-order valence-electron chi connectivity index (χ0n) is 16.0. The van der Waals surface area contributed by atoms with Crippen molar-refractivity contribution >= 4 is 17.9 Å². The molecule has 0 bridgehead atoms. The highest BCUT2D eigenvalue weighted by atomic mass is 16.5. The fraction of sp³-hybridized carbons (Fsp3) is 0.286. The van der Waals surface area contributed by atoms with Crippen molar-refractivity contribution in [2.24, 2.45) is 0 Å². The van der Waals surface area contributed by atoms with E-state index < -0.39 is 24.0 Å². The van der Waals surface area contributed by atoms with Gasteiger partial charge in [0.05, 0.1) is 5.56 Å². The maximum Gasteiger partial charge on any atom is 0.339 e. The van der Waals surface area contributed by atoms with Gasteiger partial charge in [-0.1, -0.05) is 48.0 Å². The van der Waals surface area contributed by atoms with Crippen molar-refractivity contribution < 1.29 is 19.1 Å². The van der Waals surface area contributed by atoms with Crippen molar-refractivity contribution in [1.82, 2.24) is 10.6 Å². The van der Waals surface area contributed by atoms with Gasteiger partial charge >= 0.3 is 12.0 Å². The van der Waals surface area contributed by atoms with Crippen LogP contribution in [0.3, 0.4) is 0 Å². The summed E-state index contributed by atoms with van der Waals surface area (Å²) < 4.78 is 5.23. The zero-order chi connectivity index (χ0) is 20.0. The van der Waals surface area contributed by atoms with Crippen LogP contribution in [0.15, 0.2) is 42.5 Å². The van der Waals surface area contributed by atoms with Crippen LogP contribution in [0.5, 0.6) is 0 Å². The van der Waals surface area contributed by atoms with E-state index in [0.717, 1.165) is 22.3 Å². The second kappa shape index (κ2) is 8.98. The van der Waals surface area contributed by atoms with Gasteiger partial charge < -0.3 is 10.1 Å². The van der Waals surface area contributed by atoms with Gasteiger partial charge in [0.25, 0.3) is 5.91 Å². The first-order chi connectivity index (χ1) is 12.8. The molecule has 1 unspecified atom stereocenters. The molecule has 0 aliphatic rings. The van der Waals surface area contributed by atoms with E-state index in [-0.39, 0.29) is 6.54 Å². The minimum absolute atomic E-state index is 0.288. The van der Waals surface area contributed by atoms with Crippen LogP contribution < -0.4 is 10.6 Å². The molecule has 27 heavy (non-hydrogen) atoms. The van der Waals surface area contributed by atoms with Crippen molar-refractivity contribution in [3.05, 3.63) is 70.3 Å². The molecule has 6 nitrogen and oxygen atoms in total. The fourth-order valence-electron chi connectivity index (χ4n) is 2.81. The number of urea groups is 1. The Morgan fingerprint density at radius 3 is 2.19 bits per heavy atom. The Morgan fingerprint density at radius 2 is 1.59 bits per heavy atom. The molecule has 2 aromatic rings. The van der Waals surface area contributed by atoms with Gasteiger partial charge in [-0.25, -0.2) is 9.59 Å². The van der Waals surface area contributed by atoms with E-state index in [1.54, 1.807) is 0 Å². The third-order valence-electron chi connectivity index (χ3n) is 4.07. The standard InChI is InChI=1S/C21H24N2O4/c1-13-10-14(2)18(15(3)11-13)20(25)27-16(4)19(24)23-21(26)22-12-17-8-6-5-7-9-17/h5-11,16H,12H2,1-4H3,(H2,22,23,24,26). The molecule has 0 aliphatic heterocycles. The van der Waals surface area contributed by atoms with Crippen molar-refractivity contribution in [3.8, 4) is 0 Å². The lowest BCUT2D eigenvalue weighted by atomic mass is 10.00. The first-order valence-corrected chi connectivity index (χ1v) is 8.69. The Labute approximate surface area is 158 Å². The van der Waals surface area contributed by atoms with Gasteiger partial charge in [0, 0.05) is 6.54 Å². The summed E-state index contributed by atoms with van der Waals surface area (Å²) in [6.07, 6.45) is -1.10. The molecule has 6 heteroatoms. The van der Waals surface area contributed by atoms with Crippen LogP contribution in [0.4, 0.5) is 4.79 Å². The molecule has 0 saturated heterocycles. The summed E-state index contributed by atoms with van der Waals surface area (Å²) in [6, 6.07) is 12.4. The lowest BCUT2D eigenvalue weighted by molar-refractivity contribution is -0.127. The highest BCUT2D eigenvalue weighted by molar-refractivity contribution is 5.99. The zero-order valence-corrected chi connectivity index (χ0v) is 16.0. The molecule has 0 spiro atoms. The minimum Gasteiger partial charge on any atom is -0.449 e. The van der Waals surface area contributed by atoms with E-state index in [1.807, 2.05) is 63.2 Å². The number of imide groups is 1. The smallest absolute Gasteiger partial charge is 0.339 e. The molecule has 0 radical (unpaired) electrons. The van der Waals surface area contributed by atoms with Gasteiger partial charge in [0.2, 0.25) is 0 Å². The largest absolute Gasteiger partial charge is 0.449 e. The van der Waals surface area contributed by atoms with Crippen LogP contribution in [0.1, 0.15) is 39.5 Å². The molecule has 0 saturated carbocycles. The number of rotatable bonds is 5. The van der Waals surface area contributed by atoms with Gasteiger partial charge in [0.1, 0.15) is 0 Å². The van der Waals surface area contributed by atoms with E-state index in [0.29, 0.717) is 5.56 Å². The van der Waals surface area contributed by atoms with Crippen molar-refractivity contribution in [3.63, 3.8) is 0 Å². The van der Waals surface area contributed by atoms with Crippen LogP contribution in [-0.2, 0) is 16.1 Å². The summed E-state index contributed by atoms with van der Waals surface area (Å²) in [6.45, 7) is 7.29. The predicted octanol–water partition coefficient (Wildman–Crippen LogP) is 3.18. The Balaban J connectivity index is 1.89. The first-order valence-electron chi connectivity index (χ1n) is 8.69. The van der Waals surface area contributed by atoms with Gasteiger partial charge in [-0.2, -0.15) is 0 Å². The summed E-state index contributed by atoms with van der Waals surface area (Å²) in [5.41, 5.74) is 3.96. The Bertz CT molecular complexity index is 824. The number of hydrogen-bond donors (Lipinski definition) is 2. The maximum atomic E-state index is 12.4. The van der Waals surface area contributed by atoms with E-state index in [1.165, 1.54) is 6.92 Å². The third kappa shape index (κ3) is 5.67. The molecular formula is C21H24N2O4. The highest BCUT2D eigenvalue weighted by Gasteiger charge is 2.22. The van der Waals surface area contributed by atoms with Gasteiger partial charge in [0.15, 0.2) is 6.10 Å². The predicted molar refractivity (Wildman–Crippen MR) is 102 cm³/mol. The number of hydrogen-bond acceptors (Lipinski definition) is 4. The monoisotopic (exact) mass is 368 g/mol. The van der Waals surface area contributed by atoms with E-state index in [9.17, 15) is 14.4 Å². The summed E-state index contributed by atoms with van der Waals surface area (Å²) in [5, 5.41) is 4.76. The van der Waals surface area contributed by atoms with E-state index >= 15 is 0 Å². The Morgan fingerprint density at radius 1 is 1.00 bits per heavy atom. The lowest BCUT2D eigenvalue weighted by Gasteiger charge is -2.16. The molecule has 142 valence electrons. The number of ether oxygens (including phenoxy) is 1. The molecule has 0 heterocycles. The molecule has 0 aromatic heterocycles. The van der Waals surface area contributed by atoms with Crippen LogP contribution in [0, 0.1) is 20.8 Å². The number of carbonyl (C=O) groups excluding carboxylic acids is 3. The molecule has 2 aromatic carbocycles. The summed E-state index contributed by atoms with van der Waals surface area (Å²) in [7, 11) is 0. The van der Waals surface area contributed by atoms with Gasteiger partial charge in [-0.3, -0.25) is 10.1 Å². The molecule has 1 atom stereocenters. The Hall–Kier alpha value is -3.15. The number of amides is 3. The minimum atomic E-state index is -1.10. The number of aryl methyl sites for hydroxylation is 3. The highest BCUT2D eigenvalue weighted by Crippen LogP contribution is 2.18. The summed E-state index contributed by atoms with van der Waals surface area (Å²) in [5.74, 6) is -1.27. The van der Waals surface area contributed by atoms with E-state index in [2.05, 4.69) is 10.6 Å². The average molecular weight is 368 g/mol. The number of carbonyl (C=O) groups is 3. The van der Waals surface area contributed by atoms with E-state index in [4.69, 9.17) is 4.74 Å². The van der Waals surface area contributed by atoms with Gasteiger partial charge in [-0.15, -0.1) is 0 Å². The van der Waals surface area contributed by atoms with Crippen LogP contribution >= 0.6 is 0 Å². The topological polar surface area (TPSA) is 84.5 Å². The Kier molecular flexibility index (Phi) is 6.71. The maximum absolute atomic E-state index is 12.4. The third-order valence-corrected chi connectivity index (χ3v) is 4.07. The molecular weight excluding hydrogens is 344 g/mol. The lowest BCUT2D eigenvalue weighted by Crippen LogP contribution is -2.44. The van der Waals surface area contributed by atoms with Gasteiger partial charge in [-0.05, 0) is 44.4 Å². The SMILES string of the molecule is Cc1cc(C)c(C(=O)OC(C)C(=O)NC(=O)NCc2ccccc2)c(C)c1. The van der Waals surface area contributed by atoms with Crippen molar-refractivity contribution in [2.45, 2.75) is 40.3 Å². The fourth-order valence-corrected chi connectivity index (χ4v) is 2.81. The number of esters is 1. The summed E-state index contributed by atoms with van der Waals surface area (Å²) in [4.78, 5) is 36.4. The van der Waals surface area contributed by atoms with Crippen LogP contribution in [-0.4, -0.2) is 24.0 Å². The van der Waals surface area contributed by atoms with Crippen molar-refractivity contribution in [2.75, 3.05) is 0 Å². The molecule has 0 fully saturated rings.